The van der Waals surface area contributed by atoms with E-state index in [-0.39, 0.29) is 17.8 Å². The van der Waals surface area contributed by atoms with E-state index >= 15 is 0 Å². The van der Waals surface area contributed by atoms with Crippen molar-refractivity contribution in [3.63, 3.8) is 0 Å². The second-order valence-corrected chi connectivity index (χ2v) is 6.50. The van der Waals surface area contributed by atoms with E-state index in [4.69, 9.17) is 0 Å². The van der Waals surface area contributed by atoms with E-state index in [1.807, 2.05) is 30.3 Å². The molecule has 0 unspecified atom stereocenters. The molecule has 1 N–H and O–H groups in total. The molecule has 2 aromatic carbocycles. The van der Waals surface area contributed by atoms with Crippen LogP contribution in [0.4, 0.5) is 4.39 Å². The van der Waals surface area contributed by atoms with Crippen molar-refractivity contribution in [1.29, 1.82) is 5.26 Å². The van der Waals surface area contributed by atoms with Crippen molar-refractivity contribution in [2.45, 2.75) is 6.54 Å². The van der Waals surface area contributed by atoms with E-state index in [0.29, 0.717) is 11.1 Å². The molecule has 2 aromatic heterocycles. The van der Waals surface area contributed by atoms with E-state index in [1.165, 1.54) is 41.1 Å². The van der Waals surface area contributed by atoms with Gasteiger partial charge in [0.1, 0.15) is 28.7 Å². The van der Waals surface area contributed by atoms with Crippen LogP contribution in [0.1, 0.15) is 21.5 Å². The second kappa shape index (κ2) is 7.09. The summed E-state index contributed by atoms with van der Waals surface area (Å²) >= 11 is 0. The Balaban J connectivity index is 2.04. The summed E-state index contributed by atoms with van der Waals surface area (Å²) < 4.78 is 16.1. The second-order valence-electron chi connectivity index (χ2n) is 6.50. The first-order chi connectivity index (χ1) is 14.0. The summed E-state index contributed by atoms with van der Waals surface area (Å²) in [5.41, 5.74) is 1.21. The first-order valence-corrected chi connectivity index (χ1v) is 8.71. The summed E-state index contributed by atoms with van der Waals surface area (Å²) in [4.78, 5) is 24.3. The van der Waals surface area contributed by atoms with Crippen LogP contribution in [-0.2, 0) is 6.54 Å². The van der Waals surface area contributed by atoms with Crippen LogP contribution in [0, 0.1) is 17.1 Å². The van der Waals surface area contributed by atoms with Gasteiger partial charge >= 0.3 is 5.97 Å². The third-order valence-electron chi connectivity index (χ3n) is 4.68. The predicted molar refractivity (Wildman–Crippen MR) is 104 cm³/mol. The number of rotatable bonds is 4. The van der Waals surface area contributed by atoms with Crippen LogP contribution >= 0.6 is 0 Å². The van der Waals surface area contributed by atoms with E-state index in [0.717, 1.165) is 5.56 Å². The molecule has 0 saturated heterocycles. The quantitative estimate of drug-likeness (QED) is 0.580. The molecule has 0 saturated carbocycles. The molecule has 4 rings (SSSR count). The van der Waals surface area contributed by atoms with Crippen LogP contribution in [0.2, 0.25) is 0 Å². The van der Waals surface area contributed by atoms with Gasteiger partial charge < -0.3 is 9.67 Å². The number of nitrogens with zero attached hydrogens (tertiary/aromatic N) is 3. The minimum absolute atomic E-state index is 0.210. The number of nitriles is 1. The number of aromatic nitrogens is 2. The molecule has 4 aromatic rings. The fourth-order valence-corrected chi connectivity index (χ4v) is 3.34. The third kappa shape index (κ3) is 3.17. The van der Waals surface area contributed by atoms with Crippen LogP contribution in [0.25, 0.3) is 16.8 Å². The van der Waals surface area contributed by atoms with Crippen molar-refractivity contribution in [2.75, 3.05) is 0 Å². The molecule has 6 nitrogen and oxygen atoms in total. The largest absolute Gasteiger partial charge is 0.477 e. The summed E-state index contributed by atoms with van der Waals surface area (Å²) in [5, 5.41) is 19.3. The minimum atomic E-state index is -1.35. The zero-order valence-electron chi connectivity index (χ0n) is 15.0. The maximum absolute atomic E-state index is 13.3. The molecule has 0 bridgehead atoms. The Labute approximate surface area is 164 Å². The van der Waals surface area contributed by atoms with Crippen LogP contribution in [-0.4, -0.2) is 20.0 Å². The lowest BCUT2D eigenvalue weighted by molar-refractivity contribution is 0.0693. The lowest BCUT2D eigenvalue weighted by Gasteiger charge is -2.11. The Kier molecular flexibility index (Phi) is 4.45. The lowest BCUT2D eigenvalue weighted by atomic mass is 10.1. The van der Waals surface area contributed by atoms with Gasteiger partial charge in [-0.15, -0.1) is 0 Å². The van der Waals surface area contributed by atoms with Crippen molar-refractivity contribution in [3.05, 3.63) is 99.9 Å². The highest BCUT2D eigenvalue weighted by Crippen LogP contribution is 2.28. The standard InChI is InChI=1S/C22H14FN3O3/c23-16-8-6-15(7-9-16)18-13-26-20(17(18)10-24)25(11-14-4-2-1-3-5-14)12-19(21(26)27)22(28)29/h1-9,12-13H,11H2,(H,28,29). The lowest BCUT2D eigenvalue weighted by Crippen LogP contribution is -2.25. The van der Waals surface area contributed by atoms with Crippen molar-refractivity contribution in [3.8, 4) is 17.2 Å². The van der Waals surface area contributed by atoms with Gasteiger partial charge in [0.25, 0.3) is 5.56 Å². The molecule has 0 radical (unpaired) electrons. The smallest absolute Gasteiger partial charge is 0.342 e. The molecular formula is C22H14FN3O3. The molecule has 0 fully saturated rings. The predicted octanol–water partition coefficient (Wildman–Crippen LogP) is 3.53. The van der Waals surface area contributed by atoms with E-state index < -0.39 is 22.9 Å². The maximum atomic E-state index is 13.3. The number of carboxylic acids is 1. The summed E-state index contributed by atoms with van der Waals surface area (Å²) in [5.74, 6) is -1.78. The number of hydrogen-bond acceptors (Lipinski definition) is 3. The van der Waals surface area contributed by atoms with Gasteiger partial charge in [-0.25, -0.2) is 9.18 Å². The number of aromatic carboxylic acids is 1. The zero-order chi connectivity index (χ0) is 20.5. The maximum Gasteiger partial charge on any atom is 0.342 e. The van der Waals surface area contributed by atoms with Gasteiger partial charge in [0.15, 0.2) is 0 Å². The van der Waals surface area contributed by atoms with E-state index in [9.17, 15) is 24.3 Å². The molecule has 0 amide bonds. The Bertz CT molecular complexity index is 1330. The van der Waals surface area contributed by atoms with Crippen LogP contribution in [0.15, 0.2) is 71.8 Å². The van der Waals surface area contributed by atoms with Crippen LogP contribution in [0.3, 0.4) is 0 Å². The van der Waals surface area contributed by atoms with Crippen molar-refractivity contribution in [1.82, 2.24) is 8.97 Å². The minimum Gasteiger partial charge on any atom is -0.477 e. The Morgan fingerprint density at radius 2 is 1.76 bits per heavy atom. The third-order valence-corrected chi connectivity index (χ3v) is 4.68. The van der Waals surface area contributed by atoms with Gasteiger partial charge in [0.05, 0.1) is 0 Å². The monoisotopic (exact) mass is 387 g/mol. The van der Waals surface area contributed by atoms with Gasteiger partial charge in [-0.1, -0.05) is 42.5 Å². The molecule has 0 aliphatic heterocycles. The Hall–Kier alpha value is -4.18. The summed E-state index contributed by atoms with van der Waals surface area (Å²) in [7, 11) is 0. The van der Waals surface area contributed by atoms with Gasteiger partial charge in [-0.2, -0.15) is 5.26 Å². The van der Waals surface area contributed by atoms with E-state index in [2.05, 4.69) is 6.07 Å². The molecule has 0 aliphatic rings. The topological polar surface area (TPSA) is 87.5 Å². The fourth-order valence-electron chi connectivity index (χ4n) is 3.34. The van der Waals surface area contributed by atoms with Gasteiger partial charge in [0, 0.05) is 24.5 Å². The Morgan fingerprint density at radius 1 is 1.07 bits per heavy atom. The van der Waals surface area contributed by atoms with Gasteiger partial charge in [-0.3, -0.25) is 9.20 Å². The molecule has 142 valence electrons. The highest BCUT2D eigenvalue weighted by atomic mass is 19.1. The zero-order valence-corrected chi connectivity index (χ0v) is 15.0. The SMILES string of the molecule is N#Cc1c(-c2ccc(F)cc2)cn2c(=O)c(C(=O)O)cn(Cc3ccccc3)c12. The van der Waals surface area contributed by atoms with Crippen molar-refractivity contribution >= 4 is 11.6 Å². The molecule has 0 aliphatic carbocycles. The van der Waals surface area contributed by atoms with Gasteiger partial charge in [0.2, 0.25) is 0 Å². The number of carboxylic acid groups (broad SMARTS) is 1. The molecule has 0 spiro atoms. The first kappa shape index (κ1) is 18.2. The number of hydrogen-bond donors (Lipinski definition) is 1. The van der Waals surface area contributed by atoms with Crippen molar-refractivity contribution < 1.29 is 14.3 Å². The number of benzene rings is 2. The molecule has 29 heavy (non-hydrogen) atoms. The summed E-state index contributed by atoms with van der Waals surface area (Å²) in [6, 6.07) is 16.9. The van der Waals surface area contributed by atoms with Crippen LogP contribution < -0.4 is 5.56 Å². The molecule has 0 atom stereocenters. The first-order valence-electron chi connectivity index (χ1n) is 8.71. The molecular weight excluding hydrogens is 373 g/mol. The summed E-state index contributed by atoms with van der Waals surface area (Å²) in [6.45, 7) is 0.270. The average molecular weight is 387 g/mol. The fraction of sp³-hybridized carbons (Fsp3) is 0.0455. The molecule has 7 heteroatoms. The average Bonchev–Trinajstić information content (AvgIpc) is 3.11. The summed E-state index contributed by atoms with van der Waals surface area (Å²) in [6.07, 6.45) is 2.68. The van der Waals surface area contributed by atoms with E-state index in [1.54, 1.807) is 4.57 Å². The van der Waals surface area contributed by atoms with Crippen molar-refractivity contribution in [2.24, 2.45) is 0 Å². The normalized spacial score (nSPS) is 10.8. The number of carbonyl (C=O) groups is 1. The highest BCUT2D eigenvalue weighted by molar-refractivity contribution is 5.88. The highest BCUT2D eigenvalue weighted by Gasteiger charge is 2.21. The van der Waals surface area contributed by atoms with Crippen LogP contribution in [0.5, 0.6) is 0 Å². The number of fused-ring (bicyclic) bond motifs is 1. The van der Waals surface area contributed by atoms with Gasteiger partial charge in [-0.05, 0) is 23.3 Å². The number of halogens is 1. The Morgan fingerprint density at radius 3 is 2.38 bits per heavy atom. The molecule has 2 heterocycles.